The lowest BCUT2D eigenvalue weighted by Gasteiger charge is -2.12. The van der Waals surface area contributed by atoms with Gasteiger partial charge in [-0.3, -0.25) is 4.79 Å². The summed E-state index contributed by atoms with van der Waals surface area (Å²) in [5, 5.41) is 5.88. The van der Waals surface area contributed by atoms with E-state index in [0.717, 1.165) is 16.3 Å². The van der Waals surface area contributed by atoms with Crippen LogP contribution in [-0.4, -0.2) is 32.2 Å². The van der Waals surface area contributed by atoms with Gasteiger partial charge >= 0.3 is 0 Å². The van der Waals surface area contributed by atoms with Gasteiger partial charge in [0.05, 0.1) is 32.0 Å². The van der Waals surface area contributed by atoms with E-state index in [1.54, 1.807) is 50.9 Å². The molecule has 150 valence electrons. The second kappa shape index (κ2) is 9.25. The number of benzene rings is 2. The molecule has 0 saturated carbocycles. The van der Waals surface area contributed by atoms with E-state index in [9.17, 15) is 4.79 Å². The van der Waals surface area contributed by atoms with Gasteiger partial charge in [0.2, 0.25) is 5.91 Å². The molecule has 3 aromatic rings. The first-order chi connectivity index (χ1) is 14.0. The second-order valence-corrected chi connectivity index (χ2v) is 7.16. The van der Waals surface area contributed by atoms with Crippen molar-refractivity contribution in [1.29, 1.82) is 0 Å². The highest BCUT2D eigenvalue weighted by Crippen LogP contribution is 2.35. The van der Waals surface area contributed by atoms with Crippen molar-refractivity contribution in [3.8, 4) is 28.5 Å². The minimum absolute atomic E-state index is 0.251. The van der Waals surface area contributed by atoms with Crippen molar-refractivity contribution in [2.75, 3.05) is 26.6 Å². The molecule has 0 saturated heterocycles. The van der Waals surface area contributed by atoms with Crippen molar-refractivity contribution in [2.24, 2.45) is 0 Å². The number of nitrogens with one attached hydrogen (secondary N) is 1. The summed E-state index contributed by atoms with van der Waals surface area (Å²) < 4.78 is 15.9. The minimum Gasteiger partial charge on any atom is -0.496 e. The molecule has 0 aliphatic heterocycles. The van der Waals surface area contributed by atoms with Crippen LogP contribution in [0.15, 0.2) is 47.9 Å². The second-order valence-electron chi connectivity index (χ2n) is 6.10. The molecule has 1 N–H and O–H groups in total. The fourth-order valence-electron chi connectivity index (χ4n) is 2.75. The van der Waals surface area contributed by atoms with Crippen LogP contribution in [0.5, 0.6) is 17.2 Å². The summed E-state index contributed by atoms with van der Waals surface area (Å²) >= 11 is 1.61. The molecule has 0 fully saturated rings. The Morgan fingerprint density at radius 1 is 1.00 bits per heavy atom. The molecule has 1 heterocycles. The fourth-order valence-corrected chi connectivity index (χ4v) is 3.37. The molecule has 29 heavy (non-hydrogen) atoms. The van der Waals surface area contributed by atoms with E-state index in [0.29, 0.717) is 28.5 Å². The Kier molecular flexibility index (Phi) is 6.51. The molecule has 0 unspecified atom stereocenters. The number of amides is 1. The number of aryl methyl sites for hydroxylation is 1. The summed E-state index contributed by atoms with van der Waals surface area (Å²) in [5.41, 5.74) is 3.35. The number of nitrogens with zero attached hydrogens (tertiary/aromatic N) is 1. The highest BCUT2D eigenvalue weighted by molar-refractivity contribution is 7.09. The first-order valence-corrected chi connectivity index (χ1v) is 9.73. The first kappa shape index (κ1) is 20.4. The van der Waals surface area contributed by atoms with Crippen LogP contribution >= 0.6 is 11.3 Å². The molecule has 0 aliphatic carbocycles. The maximum Gasteiger partial charge on any atom is 0.248 e. The SMILES string of the molecule is COc1cc(OC)c(OC)cc1/C=C/C(=O)Nc1ccc(-c2csc(C)n2)cc1. The normalized spacial score (nSPS) is 10.8. The molecular weight excluding hydrogens is 388 g/mol. The van der Waals surface area contributed by atoms with E-state index in [2.05, 4.69) is 10.3 Å². The third kappa shape index (κ3) is 4.94. The lowest BCUT2D eigenvalue weighted by molar-refractivity contribution is -0.111. The van der Waals surface area contributed by atoms with Gasteiger partial charge in [-0.2, -0.15) is 0 Å². The maximum absolute atomic E-state index is 12.3. The summed E-state index contributed by atoms with van der Waals surface area (Å²) in [4.78, 5) is 16.8. The maximum atomic E-state index is 12.3. The highest BCUT2D eigenvalue weighted by atomic mass is 32.1. The molecule has 0 atom stereocenters. The number of ether oxygens (including phenoxy) is 3. The van der Waals surface area contributed by atoms with Gasteiger partial charge in [0, 0.05) is 34.3 Å². The average Bonchev–Trinajstić information content (AvgIpc) is 3.18. The van der Waals surface area contributed by atoms with E-state index in [-0.39, 0.29) is 5.91 Å². The van der Waals surface area contributed by atoms with Gasteiger partial charge < -0.3 is 19.5 Å². The Hall–Kier alpha value is -3.32. The molecule has 7 heteroatoms. The van der Waals surface area contributed by atoms with Gasteiger partial charge in [0.15, 0.2) is 11.5 Å². The Balaban J connectivity index is 1.71. The minimum atomic E-state index is -0.251. The molecule has 0 radical (unpaired) electrons. The standard InChI is InChI=1S/C22H22N2O4S/c1-14-23-18(13-29-14)15-5-8-17(9-6-15)24-22(25)10-7-16-11-20(27-3)21(28-4)12-19(16)26-2/h5-13H,1-4H3,(H,24,25)/b10-7+. The Morgan fingerprint density at radius 2 is 1.66 bits per heavy atom. The van der Waals surface area contributed by atoms with Crippen LogP contribution in [0.3, 0.4) is 0 Å². The van der Waals surface area contributed by atoms with Gasteiger partial charge in [0.1, 0.15) is 5.75 Å². The predicted octanol–water partition coefficient (Wildman–Crippen LogP) is 4.80. The molecular formula is C22H22N2O4S. The quantitative estimate of drug-likeness (QED) is 0.567. The number of rotatable bonds is 7. The van der Waals surface area contributed by atoms with E-state index in [4.69, 9.17) is 14.2 Å². The van der Waals surface area contributed by atoms with Crippen LogP contribution in [0.2, 0.25) is 0 Å². The molecule has 2 aromatic carbocycles. The first-order valence-electron chi connectivity index (χ1n) is 8.85. The zero-order valence-electron chi connectivity index (χ0n) is 16.7. The van der Waals surface area contributed by atoms with Crippen molar-refractivity contribution in [3.63, 3.8) is 0 Å². The van der Waals surface area contributed by atoms with Crippen molar-refractivity contribution in [2.45, 2.75) is 6.92 Å². The third-order valence-electron chi connectivity index (χ3n) is 4.22. The summed E-state index contributed by atoms with van der Waals surface area (Å²) in [6, 6.07) is 11.1. The van der Waals surface area contributed by atoms with Crippen molar-refractivity contribution >= 4 is 29.0 Å². The van der Waals surface area contributed by atoms with Crippen LogP contribution < -0.4 is 19.5 Å². The largest absolute Gasteiger partial charge is 0.496 e. The van der Waals surface area contributed by atoms with Crippen LogP contribution in [-0.2, 0) is 4.79 Å². The van der Waals surface area contributed by atoms with Crippen LogP contribution in [0.25, 0.3) is 17.3 Å². The number of aromatic nitrogens is 1. The van der Waals surface area contributed by atoms with E-state index in [1.807, 2.05) is 36.6 Å². The molecule has 0 aliphatic rings. The topological polar surface area (TPSA) is 69.7 Å². The zero-order valence-corrected chi connectivity index (χ0v) is 17.5. The van der Waals surface area contributed by atoms with Crippen molar-refractivity contribution in [3.05, 3.63) is 58.4 Å². The van der Waals surface area contributed by atoms with Gasteiger partial charge in [-0.25, -0.2) is 4.98 Å². The molecule has 0 spiro atoms. The summed E-state index contributed by atoms with van der Waals surface area (Å²) in [7, 11) is 4.67. The number of hydrogen-bond donors (Lipinski definition) is 1. The van der Waals surface area contributed by atoms with Crippen molar-refractivity contribution < 1.29 is 19.0 Å². The third-order valence-corrected chi connectivity index (χ3v) is 4.99. The molecule has 0 bridgehead atoms. The fraction of sp³-hybridized carbons (Fsp3) is 0.182. The number of thiazole rings is 1. The van der Waals surface area contributed by atoms with Crippen LogP contribution in [0.4, 0.5) is 5.69 Å². The predicted molar refractivity (Wildman–Crippen MR) is 116 cm³/mol. The molecule has 1 aromatic heterocycles. The average molecular weight is 410 g/mol. The monoisotopic (exact) mass is 410 g/mol. The number of carbonyl (C=O) groups is 1. The number of hydrogen-bond acceptors (Lipinski definition) is 6. The van der Waals surface area contributed by atoms with Crippen LogP contribution in [0.1, 0.15) is 10.6 Å². The van der Waals surface area contributed by atoms with Crippen LogP contribution in [0, 0.1) is 6.92 Å². The Morgan fingerprint density at radius 3 is 2.24 bits per heavy atom. The van der Waals surface area contributed by atoms with Crippen molar-refractivity contribution in [1.82, 2.24) is 4.98 Å². The lowest BCUT2D eigenvalue weighted by atomic mass is 10.1. The number of methoxy groups -OCH3 is 3. The molecule has 3 rings (SSSR count). The number of carbonyl (C=O) groups excluding carboxylic acids is 1. The van der Waals surface area contributed by atoms with E-state index >= 15 is 0 Å². The summed E-state index contributed by atoms with van der Waals surface area (Å²) in [6.07, 6.45) is 3.12. The molecule has 6 nitrogen and oxygen atoms in total. The summed E-state index contributed by atoms with van der Waals surface area (Å²) in [5.74, 6) is 1.44. The number of anilines is 1. The van der Waals surface area contributed by atoms with Gasteiger partial charge in [0.25, 0.3) is 0 Å². The van der Waals surface area contributed by atoms with E-state index in [1.165, 1.54) is 6.08 Å². The Labute approximate surface area is 173 Å². The highest BCUT2D eigenvalue weighted by Gasteiger charge is 2.10. The van der Waals surface area contributed by atoms with Gasteiger partial charge in [-0.15, -0.1) is 11.3 Å². The lowest BCUT2D eigenvalue weighted by Crippen LogP contribution is -2.07. The smallest absolute Gasteiger partial charge is 0.248 e. The van der Waals surface area contributed by atoms with Gasteiger partial charge in [-0.1, -0.05) is 12.1 Å². The summed E-state index contributed by atoms with van der Waals surface area (Å²) in [6.45, 7) is 1.97. The van der Waals surface area contributed by atoms with Gasteiger partial charge in [-0.05, 0) is 31.2 Å². The molecule has 1 amide bonds. The Bertz CT molecular complexity index is 1030. The zero-order chi connectivity index (χ0) is 20.8. The van der Waals surface area contributed by atoms with E-state index < -0.39 is 0 Å².